The number of methoxy groups -OCH3 is 2. The highest BCUT2D eigenvalue weighted by molar-refractivity contribution is 6.22. The Morgan fingerprint density at radius 2 is 1.73 bits per heavy atom. The number of ketones is 2. The molecule has 0 N–H and O–H groups in total. The van der Waals surface area contributed by atoms with Gasteiger partial charge in [-0.2, -0.15) is 0 Å². The Bertz CT molecular complexity index is 1020. The van der Waals surface area contributed by atoms with Gasteiger partial charge in [-0.25, -0.2) is 0 Å². The lowest BCUT2D eigenvalue weighted by Crippen LogP contribution is -2.52. The van der Waals surface area contributed by atoms with Gasteiger partial charge in [-0.05, 0) is 25.8 Å². The number of hydrogen-bond acceptors (Lipinski definition) is 8. The van der Waals surface area contributed by atoms with Crippen LogP contribution in [-0.2, 0) is 28.5 Å². The minimum absolute atomic E-state index is 0.0319. The molecular weight excluding hydrogens is 532 g/mol. The van der Waals surface area contributed by atoms with E-state index in [0.717, 1.165) is 52.0 Å². The minimum atomic E-state index is -1.30. The number of fused-ring (bicyclic) bond motifs is 2. The molecule has 6 rings (SSSR count). The zero-order valence-corrected chi connectivity index (χ0v) is 25.4. The van der Waals surface area contributed by atoms with Crippen LogP contribution in [0.15, 0.2) is 11.3 Å². The van der Waals surface area contributed by atoms with Crippen molar-refractivity contribution < 1.29 is 28.5 Å². The van der Waals surface area contributed by atoms with Gasteiger partial charge < -0.3 is 28.7 Å². The maximum Gasteiger partial charge on any atom is 0.187 e. The molecule has 8 nitrogen and oxygen atoms in total. The van der Waals surface area contributed by atoms with Crippen molar-refractivity contribution in [1.29, 1.82) is 0 Å². The van der Waals surface area contributed by atoms with Crippen LogP contribution in [0.2, 0.25) is 0 Å². The fourth-order valence-electron chi connectivity index (χ4n) is 8.69. The largest absolute Gasteiger partial charge is 0.487 e. The molecule has 0 aromatic carbocycles. The molecule has 8 atom stereocenters. The molecule has 1 spiro atoms. The number of alkyl halides is 1. The van der Waals surface area contributed by atoms with Crippen molar-refractivity contribution in [3.05, 3.63) is 11.3 Å². The first kappa shape index (κ1) is 29.1. The van der Waals surface area contributed by atoms with Crippen molar-refractivity contribution in [3.8, 4) is 0 Å². The molecule has 0 amide bonds. The molecule has 4 fully saturated rings. The third-order valence-corrected chi connectivity index (χ3v) is 11.7. The van der Waals surface area contributed by atoms with Crippen LogP contribution < -0.4 is 0 Å². The minimum Gasteiger partial charge on any atom is -0.487 e. The summed E-state index contributed by atoms with van der Waals surface area (Å²) in [4.78, 5) is 33.1. The molecular formula is C31H47ClN2O6. The average Bonchev–Trinajstić information content (AvgIpc) is 3.52. The molecule has 0 radical (unpaired) electrons. The second kappa shape index (κ2) is 11.2. The van der Waals surface area contributed by atoms with Crippen molar-refractivity contribution in [2.45, 2.75) is 99.6 Å². The van der Waals surface area contributed by atoms with Crippen LogP contribution in [0.5, 0.6) is 0 Å². The van der Waals surface area contributed by atoms with Crippen molar-refractivity contribution in [2.24, 2.45) is 17.8 Å². The maximum absolute atomic E-state index is 14.6. The Morgan fingerprint density at radius 3 is 2.40 bits per heavy atom. The highest BCUT2D eigenvalue weighted by atomic mass is 35.5. The van der Waals surface area contributed by atoms with Gasteiger partial charge in [0.25, 0.3) is 0 Å². The van der Waals surface area contributed by atoms with Crippen LogP contribution in [0.3, 0.4) is 0 Å². The van der Waals surface area contributed by atoms with Gasteiger partial charge in [0, 0.05) is 84.1 Å². The number of carbonyl (C=O) groups excluding carboxylic acids is 2. The molecule has 2 saturated heterocycles. The van der Waals surface area contributed by atoms with Crippen LogP contribution in [0.1, 0.15) is 64.7 Å². The summed E-state index contributed by atoms with van der Waals surface area (Å²) >= 11 is 6.93. The number of halogens is 1. The summed E-state index contributed by atoms with van der Waals surface area (Å²) < 4.78 is 25.5. The first-order chi connectivity index (χ1) is 19.2. The fourth-order valence-corrected chi connectivity index (χ4v) is 9.10. The first-order valence-corrected chi connectivity index (χ1v) is 16.0. The molecule has 40 heavy (non-hydrogen) atoms. The van der Waals surface area contributed by atoms with Crippen LogP contribution >= 0.6 is 11.6 Å². The molecule has 224 valence electrons. The van der Waals surface area contributed by atoms with Crippen molar-refractivity contribution in [3.63, 3.8) is 0 Å². The molecule has 6 aliphatic rings. The van der Waals surface area contributed by atoms with E-state index in [2.05, 4.69) is 16.8 Å². The molecule has 0 aromatic heterocycles. The van der Waals surface area contributed by atoms with Gasteiger partial charge in [0.2, 0.25) is 0 Å². The van der Waals surface area contributed by atoms with E-state index in [4.69, 9.17) is 30.5 Å². The van der Waals surface area contributed by atoms with Crippen LogP contribution in [0, 0.1) is 17.8 Å². The normalized spacial score (nSPS) is 43.3. The third-order valence-electron chi connectivity index (χ3n) is 11.2. The first-order valence-electron chi connectivity index (χ1n) is 15.5. The second-order valence-electron chi connectivity index (χ2n) is 13.3. The topological polar surface area (TPSA) is 77.5 Å². The summed E-state index contributed by atoms with van der Waals surface area (Å²) in [6.45, 7) is 7.13. The van der Waals surface area contributed by atoms with E-state index >= 15 is 0 Å². The lowest BCUT2D eigenvalue weighted by Gasteiger charge is -2.44. The van der Waals surface area contributed by atoms with Gasteiger partial charge in [-0.15, -0.1) is 11.6 Å². The maximum atomic E-state index is 14.6. The standard InChI is InChI=1S/C31H47ClN2O6/c1-19-16-22(35)21-18-30(20-8-6-5-7-9-20,10-11-34-14-12-33(2)13-15-34)40-29(21)31(19)28(36)25-23(37-3)17-24(38-4)26(32)27(25)39-31/h19-20,23-27H,5-18H2,1-4H3/t19-,23?,24?,25?,26?,27?,30?,31-/m1/s1. The monoisotopic (exact) mass is 578 g/mol. The van der Waals surface area contributed by atoms with Crippen molar-refractivity contribution in [2.75, 3.05) is 54.0 Å². The van der Waals surface area contributed by atoms with E-state index in [9.17, 15) is 9.59 Å². The van der Waals surface area contributed by atoms with E-state index in [1.165, 1.54) is 19.3 Å². The Hall–Kier alpha value is -1.03. The summed E-state index contributed by atoms with van der Waals surface area (Å²) in [5.41, 5.74) is -1.08. The molecule has 9 heteroatoms. The van der Waals surface area contributed by atoms with E-state index in [0.29, 0.717) is 30.1 Å². The Morgan fingerprint density at radius 1 is 1.02 bits per heavy atom. The number of rotatable bonds is 6. The van der Waals surface area contributed by atoms with E-state index in [1.54, 1.807) is 14.2 Å². The number of likely N-dealkylation sites (N-methyl/N-ethyl adjacent to an activating group) is 1. The zero-order valence-electron chi connectivity index (χ0n) is 24.7. The predicted molar refractivity (Wildman–Crippen MR) is 151 cm³/mol. The van der Waals surface area contributed by atoms with Crippen molar-refractivity contribution in [1.82, 2.24) is 9.80 Å². The fraction of sp³-hybridized carbons (Fsp3) is 0.871. The Kier molecular flexibility index (Phi) is 8.16. The molecule has 6 unspecified atom stereocenters. The van der Waals surface area contributed by atoms with Gasteiger partial charge in [-0.3, -0.25) is 9.59 Å². The van der Waals surface area contributed by atoms with E-state index in [1.807, 2.05) is 6.92 Å². The zero-order chi connectivity index (χ0) is 28.2. The molecule has 3 heterocycles. The van der Waals surface area contributed by atoms with Gasteiger partial charge in [0.05, 0.1) is 29.6 Å². The predicted octanol–water partition coefficient (Wildman–Crippen LogP) is 3.59. The SMILES string of the molecule is COC1CC(OC)C2C(=O)[C@@]3(OC2C1Cl)C1=C(CC(CCN2CCN(C)CC2)(C2CCCCC2)O1)C(=O)C[C@H]3C. The van der Waals surface area contributed by atoms with Crippen LogP contribution in [0.4, 0.5) is 0 Å². The summed E-state index contributed by atoms with van der Waals surface area (Å²) in [5, 5.41) is -0.486. The quantitative estimate of drug-likeness (QED) is 0.443. The Labute approximate surface area is 244 Å². The molecule has 0 bridgehead atoms. The van der Waals surface area contributed by atoms with Gasteiger partial charge >= 0.3 is 0 Å². The summed E-state index contributed by atoms with van der Waals surface area (Å²) in [5.74, 6) is 0.101. The smallest absolute Gasteiger partial charge is 0.187 e. The number of ether oxygens (including phenoxy) is 4. The van der Waals surface area contributed by atoms with E-state index in [-0.39, 0.29) is 36.1 Å². The van der Waals surface area contributed by atoms with E-state index < -0.39 is 28.6 Å². The van der Waals surface area contributed by atoms with Gasteiger partial charge in [0.15, 0.2) is 17.2 Å². The molecule has 3 aliphatic carbocycles. The second-order valence-corrected chi connectivity index (χ2v) is 13.9. The molecule has 2 saturated carbocycles. The van der Waals surface area contributed by atoms with Crippen LogP contribution in [-0.4, -0.2) is 110 Å². The van der Waals surface area contributed by atoms with Crippen molar-refractivity contribution >= 4 is 23.2 Å². The number of hydrogen-bond donors (Lipinski definition) is 0. The van der Waals surface area contributed by atoms with Crippen LogP contribution in [0.25, 0.3) is 0 Å². The highest BCUT2D eigenvalue weighted by Crippen LogP contribution is 2.59. The highest BCUT2D eigenvalue weighted by Gasteiger charge is 2.70. The number of Topliss-reactive ketones (excluding diaryl/α,β-unsaturated/α-hetero) is 2. The Balaban J connectivity index is 1.34. The lowest BCUT2D eigenvalue weighted by atomic mass is 9.68. The molecule has 3 aliphatic heterocycles. The van der Waals surface area contributed by atoms with Gasteiger partial charge in [0.1, 0.15) is 11.4 Å². The average molecular weight is 579 g/mol. The summed E-state index contributed by atoms with van der Waals surface area (Å²) in [6, 6.07) is 0. The third kappa shape index (κ3) is 4.60. The number of nitrogens with zero attached hydrogens (tertiary/aromatic N) is 2. The lowest BCUT2D eigenvalue weighted by molar-refractivity contribution is -0.154. The number of carbonyl (C=O) groups is 2. The molecule has 0 aromatic rings. The number of piperazine rings is 1. The summed E-state index contributed by atoms with van der Waals surface area (Å²) in [6.07, 6.45) is 6.90. The van der Waals surface area contributed by atoms with Gasteiger partial charge in [-0.1, -0.05) is 26.2 Å². The summed E-state index contributed by atoms with van der Waals surface area (Å²) in [7, 11) is 5.45.